The van der Waals surface area contributed by atoms with E-state index in [2.05, 4.69) is 10.3 Å². The van der Waals surface area contributed by atoms with E-state index in [-0.39, 0.29) is 71.2 Å². The van der Waals surface area contributed by atoms with Crippen molar-refractivity contribution in [3.8, 4) is 0 Å². The van der Waals surface area contributed by atoms with E-state index in [0.29, 0.717) is 0 Å². The summed E-state index contributed by atoms with van der Waals surface area (Å²) in [6, 6.07) is 9.66. The molecule has 1 saturated carbocycles. The molecule has 0 spiro atoms. The first kappa shape index (κ1) is 25.6. The van der Waals surface area contributed by atoms with E-state index in [9.17, 15) is 18.4 Å². The van der Waals surface area contributed by atoms with Gasteiger partial charge in [0.05, 0.1) is 28.2 Å². The summed E-state index contributed by atoms with van der Waals surface area (Å²) >= 11 is 6.08. The molecule has 39 heavy (non-hydrogen) atoms. The van der Waals surface area contributed by atoms with E-state index in [1.165, 1.54) is 47.5 Å². The molecule has 1 N–H and O–H groups in total. The molecule has 0 bridgehead atoms. The monoisotopic (exact) mass is 558 g/mol. The van der Waals surface area contributed by atoms with Gasteiger partial charge in [-0.25, -0.2) is 22.5 Å². The van der Waals surface area contributed by atoms with Crippen molar-refractivity contribution in [3.63, 3.8) is 0 Å². The number of pyridine rings is 1. The summed E-state index contributed by atoms with van der Waals surface area (Å²) < 4.78 is 59.7. The minimum atomic E-state index is -1.48. The number of fused-ring (bicyclic) bond motifs is 1. The molecule has 1 saturated heterocycles. The largest absolute Gasteiger partial charge is 0.361 e. The Balaban J connectivity index is 1.39. The van der Waals surface area contributed by atoms with Gasteiger partial charge < -0.3 is 15.1 Å². The molecule has 3 heterocycles. The molecule has 3 aromatic rings. The Hall–Kier alpha value is -3.66. The number of alkyl halides is 1. The van der Waals surface area contributed by atoms with Crippen LogP contribution in [0.15, 0.2) is 48.7 Å². The van der Waals surface area contributed by atoms with E-state index >= 15 is 8.78 Å². The van der Waals surface area contributed by atoms with Crippen LogP contribution in [0.2, 0.25) is 5.02 Å². The minimum Gasteiger partial charge on any atom is -0.361 e. The fourth-order valence-electron chi connectivity index (χ4n) is 5.51. The second kappa shape index (κ2) is 9.22. The summed E-state index contributed by atoms with van der Waals surface area (Å²) in [4.78, 5) is 32.5. The zero-order valence-electron chi connectivity index (χ0n) is 20.7. The minimum absolute atomic E-state index is 0.0326. The number of amides is 2. The third kappa shape index (κ3) is 4.12. The maximum atomic E-state index is 16.3. The Kier molecular flexibility index (Phi) is 6.05. The van der Waals surface area contributed by atoms with Gasteiger partial charge in [0.1, 0.15) is 17.8 Å². The first-order valence-corrected chi connectivity index (χ1v) is 12.9. The van der Waals surface area contributed by atoms with Crippen molar-refractivity contribution < 1.29 is 27.2 Å². The Labute approximate surface area is 226 Å². The van der Waals surface area contributed by atoms with Gasteiger partial charge in [-0.1, -0.05) is 35.9 Å². The van der Waals surface area contributed by atoms with Crippen molar-refractivity contribution in [1.29, 1.82) is 0 Å². The molecule has 6 rings (SSSR count). The molecule has 0 unspecified atom stereocenters. The molecule has 1 aliphatic carbocycles. The summed E-state index contributed by atoms with van der Waals surface area (Å²) in [5, 5.41) is 2.78. The second-order valence-electron chi connectivity index (χ2n) is 10.4. The van der Waals surface area contributed by atoms with Gasteiger partial charge in [0.15, 0.2) is 11.6 Å². The number of anilines is 2. The van der Waals surface area contributed by atoms with Crippen molar-refractivity contribution in [2.45, 2.75) is 31.0 Å². The van der Waals surface area contributed by atoms with Crippen LogP contribution in [0.5, 0.6) is 0 Å². The maximum Gasteiger partial charge on any atom is 0.260 e. The first-order chi connectivity index (χ1) is 18.6. The molecular formula is C28H23ClF4N4O2. The number of rotatable bonds is 5. The van der Waals surface area contributed by atoms with Gasteiger partial charge in [0.25, 0.3) is 5.91 Å². The summed E-state index contributed by atoms with van der Waals surface area (Å²) in [6.45, 7) is 1.80. The molecule has 11 heteroatoms. The lowest BCUT2D eigenvalue weighted by Gasteiger charge is -2.43. The summed E-state index contributed by atoms with van der Waals surface area (Å²) in [7, 11) is 0. The number of para-hydroxylation sites is 1. The SMILES string of the molecule is C[C@]1(c2cccc(Cl)c2F)CN(c2ccccc2F)C(=O)c2cnc(NC3CN(C(=O)[C@@H]4C[C@@H]4F)C3)c(F)c21. The smallest absolute Gasteiger partial charge is 0.260 e. The molecule has 2 amide bonds. The lowest BCUT2D eigenvalue weighted by molar-refractivity contribution is -0.136. The van der Waals surface area contributed by atoms with Gasteiger partial charge in [-0.05, 0) is 31.5 Å². The summed E-state index contributed by atoms with van der Waals surface area (Å²) in [6.07, 6.45) is 0.316. The highest BCUT2D eigenvalue weighted by Gasteiger charge is 2.49. The number of hydrogen-bond acceptors (Lipinski definition) is 4. The standard InChI is InChI=1S/C28H23ClF4N4O2/c1-28(17-5-4-6-18(29)23(17)32)13-37(21-8-3-2-7-19(21)30)27(39)16-10-34-25(24(33)22(16)28)35-14-11-36(12-14)26(38)15-9-20(15)31/h2-8,10,14-15,20H,9,11-13H2,1H3,(H,34,35)/t15-,20+,28-/m1/s1. The van der Waals surface area contributed by atoms with Gasteiger partial charge in [0.2, 0.25) is 5.91 Å². The third-order valence-corrected chi connectivity index (χ3v) is 8.07. The summed E-state index contributed by atoms with van der Waals surface area (Å²) in [5.41, 5.74) is -1.71. The molecule has 202 valence electrons. The molecule has 2 fully saturated rings. The highest BCUT2D eigenvalue weighted by atomic mass is 35.5. The van der Waals surface area contributed by atoms with Crippen LogP contribution >= 0.6 is 11.6 Å². The van der Waals surface area contributed by atoms with E-state index in [0.717, 1.165) is 4.90 Å². The predicted molar refractivity (Wildman–Crippen MR) is 137 cm³/mol. The summed E-state index contributed by atoms with van der Waals surface area (Å²) in [5.74, 6) is -4.00. The van der Waals surface area contributed by atoms with Crippen LogP contribution in [0.3, 0.4) is 0 Å². The molecule has 2 aliphatic heterocycles. The topological polar surface area (TPSA) is 65.5 Å². The fourth-order valence-corrected chi connectivity index (χ4v) is 5.69. The molecule has 2 aromatic carbocycles. The van der Waals surface area contributed by atoms with Gasteiger partial charge in [-0.3, -0.25) is 9.59 Å². The molecular weight excluding hydrogens is 536 g/mol. The van der Waals surface area contributed by atoms with Crippen molar-refractivity contribution in [1.82, 2.24) is 9.88 Å². The number of nitrogens with zero attached hydrogens (tertiary/aromatic N) is 3. The van der Waals surface area contributed by atoms with Gasteiger partial charge in [-0.15, -0.1) is 0 Å². The van der Waals surface area contributed by atoms with E-state index in [1.54, 1.807) is 13.0 Å². The van der Waals surface area contributed by atoms with E-state index in [1.807, 2.05) is 0 Å². The fraction of sp³-hybridized carbons (Fsp3) is 0.321. The number of carbonyl (C=O) groups excluding carboxylic acids is 2. The third-order valence-electron chi connectivity index (χ3n) is 7.77. The van der Waals surface area contributed by atoms with Gasteiger partial charge >= 0.3 is 0 Å². The zero-order valence-corrected chi connectivity index (χ0v) is 21.5. The second-order valence-corrected chi connectivity index (χ2v) is 10.8. The normalized spacial score (nSPS) is 24.3. The maximum absolute atomic E-state index is 16.3. The van der Waals surface area contributed by atoms with Crippen molar-refractivity contribution in [2.75, 3.05) is 29.9 Å². The Morgan fingerprint density at radius 3 is 2.51 bits per heavy atom. The average molecular weight is 559 g/mol. The van der Waals surface area contributed by atoms with Crippen LogP contribution in [0.1, 0.15) is 34.8 Å². The number of likely N-dealkylation sites (tertiary alicyclic amines) is 1. The van der Waals surface area contributed by atoms with E-state index in [4.69, 9.17) is 11.6 Å². The van der Waals surface area contributed by atoms with Crippen LogP contribution in [0.25, 0.3) is 0 Å². The lowest BCUT2D eigenvalue weighted by atomic mass is 9.71. The molecule has 3 aliphatic rings. The van der Waals surface area contributed by atoms with Gasteiger partial charge in [0, 0.05) is 42.4 Å². The molecule has 3 atom stereocenters. The number of carbonyl (C=O) groups is 2. The number of benzene rings is 2. The van der Waals surface area contributed by atoms with Crippen molar-refractivity contribution >= 4 is 34.9 Å². The highest BCUT2D eigenvalue weighted by Crippen LogP contribution is 2.45. The lowest BCUT2D eigenvalue weighted by Crippen LogP contribution is -2.58. The van der Waals surface area contributed by atoms with Crippen LogP contribution in [0.4, 0.5) is 29.1 Å². The highest BCUT2D eigenvalue weighted by molar-refractivity contribution is 6.30. The Bertz CT molecular complexity index is 1510. The Morgan fingerprint density at radius 2 is 1.82 bits per heavy atom. The first-order valence-electron chi connectivity index (χ1n) is 12.5. The average Bonchev–Trinajstić information content (AvgIpc) is 3.62. The molecule has 0 radical (unpaired) electrons. The van der Waals surface area contributed by atoms with Crippen LogP contribution < -0.4 is 10.2 Å². The van der Waals surface area contributed by atoms with Gasteiger partial charge in [-0.2, -0.15) is 0 Å². The number of halogens is 5. The van der Waals surface area contributed by atoms with Crippen LogP contribution in [-0.4, -0.2) is 53.5 Å². The zero-order chi connectivity index (χ0) is 27.6. The van der Waals surface area contributed by atoms with Crippen molar-refractivity contribution in [2.24, 2.45) is 5.92 Å². The van der Waals surface area contributed by atoms with Crippen LogP contribution in [-0.2, 0) is 10.2 Å². The van der Waals surface area contributed by atoms with Crippen molar-refractivity contribution in [3.05, 3.63) is 87.8 Å². The molecule has 6 nitrogen and oxygen atoms in total. The predicted octanol–water partition coefficient (Wildman–Crippen LogP) is 5.10. The number of nitrogens with one attached hydrogen (secondary N) is 1. The quantitative estimate of drug-likeness (QED) is 0.443. The number of aromatic nitrogens is 1. The number of hydrogen-bond donors (Lipinski definition) is 1. The molecule has 1 aromatic heterocycles. The van der Waals surface area contributed by atoms with Crippen LogP contribution in [0, 0.1) is 23.4 Å². The van der Waals surface area contributed by atoms with E-state index < -0.39 is 40.9 Å². The Morgan fingerprint density at radius 1 is 1.10 bits per heavy atom.